The van der Waals surface area contributed by atoms with Crippen molar-refractivity contribution in [3.05, 3.63) is 48.5 Å². The first-order valence-electron chi connectivity index (χ1n) is 3.88. The summed E-state index contributed by atoms with van der Waals surface area (Å²) in [4.78, 5) is 1.98. The van der Waals surface area contributed by atoms with E-state index in [2.05, 4.69) is 11.9 Å². The molecule has 0 amide bonds. The van der Waals surface area contributed by atoms with Gasteiger partial charge in [0, 0.05) is 20.3 Å². The number of rotatable bonds is 2. The van der Waals surface area contributed by atoms with Gasteiger partial charge >= 0.3 is 0 Å². The lowest BCUT2D eigenvalue weighted by Crippen LogP contribution is -2.18. The Morgan fingerprint density at radius 2 is 2.08 bits per heavy atom. The molecular formula is C10H14N2. The van der Waals surface area contributed by atoms with Crippen LogP contribution in [0.25, 0.3) is 0 Å². The second-order valence-corrected chi connectivity index (χ2v) is 2.81. The number of hydrogen-bond donors (Lipinski definition) is 1. The molecule has 0 aromatic carbocycles. The number of nitrogens with zero attached hydrogens (tertiary/aromatic N) is 1. The third-order valence-corrected chi connectivity index (χ3v) is 1.67. The quantitative estimate of drug-likeness (QED) is 0.663. The summed E-state index contributed by atoms with van der Waals surface area (Å²) in [5, 5.41) is 3.14. The normalized spacial score (nSPS) is 14.7. The number of nitrogens with one attached hydrogen (secondary N) is 1. The SMILES string of the molecule is C=C(C1=CC=CC=CN1)N(C)C. The molecule has 0 saturated heterocycles. The molecular weight excluding hydrogens is 148 g/mol. The highest BCUT2D eigenvalue weighted by molar-refractivity contribution is 5.33. The van der Waals surface area contributed by atoms with Crippen molar-refractivity contribution < 1.29 is 0 Å². The van der Waals surface area contributed by atoms with Crippen molar-refractivity contribution in [3.63, 3.8) is 0 Å². The smallest absolute Gasteiger partial charge is 0.0611 e. The van der Waals surface area contributed by atoms with Gasteiger partial charge in [-0.3, -0.25) is 0 Å². The predicted molar refractivity (Wildman–Crippen MR) is 52.3 cm³/mol. The van der Waals surface area contributed by atoms with Gasteiger partial charge in [0.05, 0.1) is 11.4 Å². The van der Waals surface area contributed by atoms with Crippen LogP contribution in [0.2, 0.25) is 0 Å². The van der Waals surface area contributed by atoms with Crippen molar-refractivity contribution in [2.45, 2.75) is 0 Å². The Kier molecular flexibility index (Phi) is 2.75. The summed E-state index contributed by atoms with van der Waals surface area (Å²) in [6.45, 7) is 3.95. The second kappa shape index (κ2) is 3.81. The summed E-state index contributed by atoms with van der Waals surface area (Å²) in [6.07, 6.45) is 9.81. The summed E-state index contributed by atoms with van der Waals surface area (Å²) in [7, 11) is 3.95. The van der Waals surface area contributed by atoms with Crippen molar-refractivity contribution in [1.82, 2.24) is 10.2 Å². The van der Waals surface area contributed by atoms with Crippen LogP contribution in [0.4, 0.5) is 0 Å². The van der Waals surface area contributed by atoms with Crippen molar-refractivity contribution >= 4 is 0 Å². The maximum Gasteiger partial charge on any atom is 0.0611 e. The molecule has 1 rings (SSSR count). The minimum atomic E-state index is 0.978. The van der Waals surface area contributed by atoms with Gasteiger partial charge < -0.3 is 10.2 Å². The lowest BCUT2D eigenvalue weighted by Gasteiger charge is -2.17. The first-order valence-corrected chi connectivity index (χ1v) is 3.88. The van der Waals surface area contributed by atoms with Crippen LogP contribution in [0.5, 0.6) is 0 Å². The van der Waals surface area contributed by atoms with Gasteiger partial charge in [-0.25, -0.2) is 0 Å². The molecule has 0 aromatic rings. The summed E-state index contributed by atoms with van der Waals surface area (Å²) in [5.74, 6) is 0. The van der Waals surface area contributed by atoms with Crippen molar-refractivity contribution in [3.8, 4) is 0 Å². The Hall–Kier alpha value is -1.44. The molecule has 0 aliphatic carbocycles. The third-order valence-electron chi connectivity index (χ3n) is 1.67. The van der Waals surface area contributed by atoms with Gasteiger partial charge in [0.2, 0.25) is 0 Å². The molecule has 64 valence electrons. The van der Waals surface area contributed by atoms with Gasteiger partial charge in [-0.2, -0.15) is 0 Å². The summed E-state index contributed by atoms with van der Waals surface area (Å²) in [5.41, 5.74) is 2.01. The second-order valence-electron chi connectivity index (χ2n) is 2.81. The van der Waals surface area contributed by atoms with Gasteiger partial charge in [0.15, 0.2) is 0 Å². The van der Waals surface area contributed by atoms with E-state index in [9.17, 15) is 0 Å². The van der Waals surface area contributed by atoms with E-state index in [4.69, 9.17) is 0 Å². The van der Waals surface area contributed by atoms with E-state index < -0.39 is 0 Å². The van der Waals surface area contributed by atoms with Gasteiger partial charge in [-0.1, -0.05) is 18.7 Å². The first kappa shape index (κ1) is 8.65. The first-order chi connectivity index (χ1) is 5.72. The summed E-state index contributed by atoms with van der Waals surface area (Å²) < 4.78 is 0. The third kappa shape index (κ3) is 2.02. The molecule has 1 N–H and O–H groups in total. The van der Waals surface area contributed by atoms with Crippen LogP contribution in [0.1, 0.15) is 0 Å². The molecule has 0 aromatic heterocycles. The topological polar surface area (TPSA) is 15.3 Å². The van der Waals surface area contributed by atoms with E-state index in [0.717, 1.165) is 11.4 Å². The molecule has 2 heteroatoms. The largest absolute Gasteiger partial charge is 0.376 e. The minimum absolute atomic E-state index is 0.978. The molecule has 0 saturated carbocycles. The molecule has 0 fully saturated rings. The Morgan fingerprint density at radius 3 is 2.75 bits per heavy atom. The van der Waals surface area contributed by atoms with Crippen LogP contribution in [0.15, 0.2) is 48.5 Å². The molecule has 0 radical (unpaired) electrons. The zero-order valence-corrected chi connectivity index (χ0v) is 7.54. The van der Waals surface area contributed by atoms with Crippen molar-refractivity contribution in [2.24, 2.45) is 0 Å². The fourth-order valence-corrected chi connectivity index (χ4v) is 0.878. The Balaban J connectivity index is 2.75. The number of hydrogen-bond acceptors (Lipinski definition) is 2. The van der Waals surface area contributed by atoms with E-state index in [1.807, 2.05) is 49.5 Å². The average Bonchev–Trinajstić information content (AvgIpc) is 2.30. The predicted octanol–water partition coefficient (Wildman–Crippen LogP) is 1.62. The highest BCUT2D eigenvalue weighted by Crippen LogP contribution is 2.08. The molecule has 0 unspecified atom stereocenters. The maximum atomic E-state index is 3.95. The van der Waals surface area contributed by atoms with Crippen LogP contribution in [-0.2, 0) is 0 Å². The van der Waals surface area contributed by atoms with Crippen molar-refractivity contribution in [1.29, 1.82) is 0 Å². The average molecular weight is 162 g/mol. The molecule has 12 heavy (non-hydrogen) atoms. The zero-order chi connectivity index (χ0) is 8.97. The Morgan fingerprint density at radius 1 is 1.33 bits per heavy atom. The van der Waals surface area contributed by atoms with Crippen molar-refractivity contribution in [2.75, 3.05) is 14.1 Å². The lowest BCUT2D eigenvalue weighted by molar-refractivity contribution is 0.518. The Labute approximate surface area is 73.6 Å². The van der Waals surface area contributed by atoms with Crippen LogP contribution < -0.4 is 5.32 Å². The van der Waals surface area contributed by atoms with Crippen LogP contribution in [0, 0.1) is 0 Å². The standard InChI is InChI=1S/C10H14N2/c1-9(12(2)3)10-7-5-4-6-8-11-10/h4-8,11H,1H2,2-3H3. The molecule has 0 spiro atoms. The lowest BCUT2D eigenvalue weighted by atomic mass is 10.3. The molecule has 1 aliphatic heterocycles. The minimum Gasteiger partial charge on any atom is -0.376 e. The van der Waals surface area contributed by atoms with E-state index >= 15 is 0 Å². The monoisotopic (exact) mass is 162 g/mol. The fourth-order valence-electron chi connectivity index (χ4n) is 0.878. The van der Waals surface area contributed by atoms with E-state index in [1.54, 1.807) is 0 Å². The summed E-state index contributed by atoms with van der Waals surface area (Å²) in [6, 6.07) is 0. The van der Waals surface area contributed by atoms with E-state index in [0.29, 0.717) is 0 Å². The molecule has 0 atom stereocenters. The molecule has 1 heterocycles. The highest BCUT2D eigenvalue weighted by atomic mass is 15.1. The highest BCUT2D eigenvalue weighted by Gasteiger charge is 2.01. The van der Waals surface area contributed by atoms with Crippen LogP contribution in [0.3, 0.4) is 0 Å². The van der Waals surface area contributed by atoms with Gasteiger partial charge in [0.25, 0.3) is 0 Å². The van der Waals surface area contributed by atoms with Crippen LogP contribution in [-0.4, -0.2) is 19.0 Å². The zero-order valence-electron chi connectivity index (χ0n) is 7.54. The molecule has 0 bridgehead atoms. The maximum absolute atomic E-state index is 3.95. The number of allylic oxidation sites excluding steroid dienone is 4. The number of likely N-dealkylation sites (N-methyl/N-ethyl adjacent to an activating group) is 1. The summed E-state index contributed by atoms with van der Waals surface area (Å²) >= 11 is 0. The fraction of sp³-hybridized carbons (Fsp3) is 0.200. The van der Waals surface area contributed by atoms with Crippen LogP contribution >= 0.6 is 0 Å². The Bertz CT molecular complexity index is 257. The molecule has 2 nitrogen and oxygen atoms in total. The van der Waals surface area contributed by atoms with Gasteiger partial charge in [-0.05, 0) is 12.2 Å². The van der Waals surface area contributed by atoms with E-state index in [-0.39, 0.29) is 0 Å². The van der Waals surface area contributed by atoms with E-state index in [1.165, 1.54) is 0 Å². The van der Waals surface area contributed by atoms with Gasteiger partial charge in [-0.15, -0.1) is 0 Å². The van der Waals surface area contributed by atoms with Gasteiger partial charge in [0.1, 0.15) is 0 Å². The molecule has 1 aliphatic rings.